The molecule has 0 aliphatic heterocycles. The molecule has 0 nitrogen and oxygen atoms in total. The van der Waals surface area contributed by atoms with E-state index in [-0.39, 0.29) is 0 Å². The highest BCUT2D eigenvalue weighted by atomic mass is 35.5. The van der Waals surface area contributed by atoms with Crippen LogP contribution in [0.1, 0.15) is 12.0 Å². The van der Waals surface area contributed by atoms with Crippen molar-refractivity contribution in [2.75, 3.05) is 0 Å². The Hall–Kier alpha value is -4.50. The summed E-state index contributed by atoms with van der Waals surface area (Å²) < 4.78 is 0. The number of thioether (sulfide) groups is 1. The molecular formula is C45H29Cl3S. The summed E-state index contributed by atoms with van der Waals surface area (Å²) in [5.41, 5.74) is 9.34. The van der Waals surface area contributed by atoms with E-state index in [0.717, 1.165) is 48.0 Å². The van der Waals surface area contributed by atoms with Gasteiger partial charge in [-0.1, -0.05) is 168 Å². The number of rotatable bonds is 6. The minimum atomic E-state index is 0.718. The van der Waals surface area contributed by atoms with Crippen molar-refractivity contribution in [2.24, 2.45) is 0 Å². The molecule has 0 bridgehead atoms. The maximum Gasteiger partial charge on any atom is 0.0406 e. The van der Waals surface area contributed by atoms with Gasteiger partial charge in [-0.15, -0.1) is 0 Å². The van der Waals surface area contributed by atoms with Gasteiger partial charge in [-0.05, 0) is 109 Å². The Bertz CT molecular complexity index is 2420. The number of hydrogen-bond donors (Lipinski definition) is 0. The number of fused-ring (bicyclic) bond motifs is 2. The van der Waals surface area contributed by atoms with E-state index in [0.29, 0.717) is 0 Å². The standard InChI is InChI=1S/C45H29Cl3S/c46-34-20-14-32(15-21-34)43-38-9-4-5-10-39(38)44(33-16-22-35(47)23-17-33)45-37(11-6-12-40(43)45)31-18-24-36(25-19-31)49-42-26-13-30(28-41(42)48)27-29-7-2-1-3-8-29/h1-27H,28H2. The maximum absolute atomic E-state index is 6.84. The largest absolute Gasteiger partial charge is 0.0889 e. The fraction of sp³-hybridized carbons (Fsp3) is 0.0222. The maximum atomic E-state index is 6.84. The molecule has 7 aromatic carbocycles. The van der Waals surface area contributed by atoms with Gasteiger partial charge in [0, 0.05) is 31.3 Å². The topological polar surface area (TPSA) is 0 Å². The fourth-order valence-corrected chi connectivity index (χ4v) is 8.12. The van der Waals surface area contributed by atoms with Crippen LogP contribution in [-0.4, -0.2) is 0 Å². The molecule has 49 heavy (non-hydrogen) atoms. The minimum absolute atomic E-state index is 0.718. The minimum Gasteiger partial charge on any atom is -0.0889 e. The first-order valence-electron chi connectivity index (χ1n) is 16.1. The van der Waals surface area contributed by atoms with Crippen LogP contribution in [0.2, 0.25) is 10.0 Å². The molecule has 1 aliphatic carbocycles. The molecule has 8 rings (SSSR count). The summed E-state index contributed by atoms with van der Waals surface area (Å²) in [5.74, 6) is 0. The lowest BCUT2D eigenvalue weighted by Gasteiger charge is -2.20. The smallest absolute Gasteiger partial charge is 0.0406 e. The summed E-state index contributed by atoms with van der Waals surface area (Å²) in [6.07, 6.45) is 7.22. The Morgan fingerprint density at radius 3 is 1.71 bits per heavy atom. The van der Waals surface area contributed by atoms with Gasteiger partial charge in [0.2, 0.25) is 0 Å². The van der Waals surface area contributed by atoms with Crippen LogP contribution in [0.3, 0.4) is 0 Å². The monoisotopic (exact) mass is 706 g/mol. The summed E-state index contributed by atoms with van der Waals surface area (Å²) >= 11 is 21.3. The number of halogens is 3. The van der Waals surface area contributed by atoms with E-state index in [1.807, 2.05) is 30.3 Å². The van der Waals surface area contributed by atoms with Crippen LogP contribution < -0.4 is 0 Å². The van der Waals surface area contributed by atoms with Crippen LogP contribution in [-0.2, 0) is 0 Å². The lowest BCUT2D eigenvalue weighted by molar-refractivity contribution is 1.24. The van der Waals surface area contributed by atoms with Crippen LogP contribution >= 0.6 is 46.6 Å². The molecule has 0 saturated heterocycles. The Morgan fingerprint density at radius 1 is 0.490 bits per heavy atom. The predicted molar refractivity (Wildman–Crippen MR) is 215 cm³/mol. The Kier molecular flexibility index (Phi) is 8.93. The third-order valence-corrected chi connectivity index (χ3v) is 11.0. The summed E-state index contributed by atoms with van der Waals surface area (Å²) in [7, 11) is 0. The van der Waals surface area contributed by atoms with E-state index < -0.39 is 0 Å². The van der Waals surface area contributed by atoms with Crippen LogP contribution in [0, 0.1) is 0 Å². The molecule has 0 radical (unpaired) electrons. The molecule has 236 valence electrons. The summed E-state index contributed by atoms with van der Waals surface area (Å²) in [6.45, 7) is 0. The van der Waals surface area contributed by atoms with Crippen molar-refractivity contribution in [1.29, 1.82) is 0 Å². The van der Waals surface area contributed by atoms with Crippen LogP contribution in [0.4, 0.5) is 0 Å². The third kappa shape index (κ3) is 6.48. The zero-order chi connectivity index (χ0) is 33.3. The van der Waals surface area contributed by atoms with Gasteiger partial charge in [-0.25, -0.2) is 0 Å². The van der Waals surface area contributed by atoms with Gasteiger partial charge in [0.25, 0.3) is 0 Å². The molecule has 7 aromatic rings. The lowest BCUT2D eigenvalue weighted by Crippen LogP contribution is -1.93. The van der Waals surface area contributed by atoms with Gasteiger partial charge < -0.3 is 0 Å². The van der Waals surface area contributed by atoms with E-state index in [9.17, 15) is 0 Å². The second kappa shape index (κ2) is 13.8. The summed E-state index contributed by atoms with van der Waals surface area (Å²) in [5, 5.41) is 7.07. The van der Waals surface area contributed by atoms with E-state index in [1.165, 1.54) is 49.4 Å². The number of allylic oxidation sites excluding steroid dienone is 4. The summed E-state index contributed by atoms with van der Waals surface area (Å²) in [6, 6.07) is 50.9. The van der Waals surface area contributed by atoms with E-state index in [2.05, 4.69) is 133 Å². The van der Waals surface area contributed by atoms with Crippen molar-refractivity contribution in [3.8, 4) is 33.4 Å². The van der Waals surface area contributed by atoms with Crippen LogP contribution in [0.15, 0.2) is 178 Å². The van der Waals surface area contributed by atoms with Gasteiger partial charge in [-0.2, -0.15) is 0 Å². The van der Waals surface area contributed by atoms with E-state index >= 15 is 0 Å². The SMILES string of the molecule is ClC1=C(Sc2ccc(-c3cccc4c(-c5ccc(Cl)cc5)c5ccccc5c(-c5ccc(Cl)cc5)c34)cc2)C=CC(=Cc2ccccc2)C1. The van der Waals surface area contributed by atoms with Crippen molar-refractivity contribution in [3.63, 3.8) is 0 Å². The van der Waals surface area contributed by atoms with Gasteiger partial charge in [-0.3, -0.25) is 0 Å². The van der Waals surface area contributed by atoms with Gasteiger partial charge in [0.05, 0.1) is 0 Å². The fourth-order valence-electron chi connectivity index (χ4n) is 6.69. The van der Waals surface area contributed by atoms with Crippen molar-refractivity contribution in [1.82, 2.24) is 0 Å². The zero-order valence-electron chi connectivity index (χ0n) is 26.3. The van der Waals surface area contributed by atoms with Crippen LogP contribution in [0.5, 0.6) is 0 Å². The van der Waals surface area contributed by atoms with Crippen LogP contribution in [0.25, 0.3) is 61.0 Å². The van der Waals surface area contributed by atoms with Crippen molar-refractivity contribution in [2.45, 2.75) is 11.3 Å². The highest BCUT2D eigenvalue weighted by Gasteiger charge is 2.20. The second-order valence-corrected chi connectivity index (χ2v) is 14.5. The Labute approximate surface area is 306 Å². The highest BCUT2D eigenvalue weighted by molar-refractivity contribution is 8.03. The molecule has 0 unspecified atom stereocenters. The number of hydrogen-bond acceptors (Lipinski definition) is 1. The van der Waals surface area contributed by atoms with E-state index in [4.69, 9.17) is 34.8 Å². The first-order valence-corrected chi connectivity index (χ1v) is 18.1. The van der Waals surface area contributed by atoms with Gasteiger partial charge >= 0.3 is 0 Å². The quantitative estimate of drug-likeness (QED) is 0.155. The average Bonchev–Trinajstić information content (AvgIpc) is 3.13. The first kappa shape index (κ1) is 31.7. The molecule has 0 atom stereocenters. The third-order valence-electron chi connectivity index (χ3n) is 8.94. The molecule has 0 spiro atoms. The van der Waals surface area contributed by atoms with E-state index in [1.54, 1.807) is 11.8 Å². The molecule has 0 fully saturated rings. The Balaban J connectivity index is 1.23. The molecular weight excluding hydrogens is 679 g/mol. The number of benzene rings is 7. The molecule has 0 N–H and O–H groups in total. The van der Waals surface area contributed by atoms with Crippen molar-refractivity contribution >= 4 is 74.2 Å². The molecule has 0 heterocycles. The molecule has 0 saturated carbocycles. The average molecular weight is 708 g/mol. The van der Waals surface area contributed by atoms with Gasteiger partial charge in [0.1, 0.15) is 0 Å². The lowest BCUT2D eigenvalue weighted by atomic mass is 9.83. The van der Waals surface area contributed by atoms with Gasteiger partial charge in [0.15, 0.2) is 0 Å². The molecule has 0 aromatic heterocycles. The zero-order valence-corrected chi connectivity index (χ0v) is 29.4. The van der Waals surface area contributed by atoms with Crippen molar-refractivity contribution < 1.29 is 0 Å². The second-order valence-electron chi connectivity index (χ2n) is 12.1. The molecule has 1 aliphatic rings. The summed E-state index contributed by atoms with van der Waals surface area (Å²) in [4.78, 5) is 2.22. The highest BCUT2D eigenvalue weighted by Crippen LogP contribution is 2.47. The predicted octanol–water partition coefficient (Wildman–Crippen LogP) is 14.9. The van der Waals surface area contributed by atoms with Crippen molar-refractivity contribution in [3.05, 3.63) is 189 Å². The molecule has 4 heteroatoms. The molecule has 0 amide bonds. The normalized spacial score (nSPS) is 13.9. The first-order chi connectivity index (χ1) is 24.0. The Morgan fingerprint density at radius 2 is 1.06 bits per heavy atom.